The van der Waals surface area contributed by atoms with E-state index in [0.717, 1.165) is 21.9 Å². The summed E-state index contributed by atoms with van der Waals surface area (Å²) in [4.78, 5) is 62.6. The fourth-order valence-corrected chi connectivity index (χ4v) is 5.92. The monoisotopic (exact) mass is 619 g/mol. The summed E-state index contributed by atoms with van der Waals surface area (Å²) in [5.41, 5.74) is 3.73. The maximum absolute atomic E-state index is 13.4. The molecule has 0 spiro atoms. The van der Waals surface area contributed by atoms with E-state index in [0.29, 0.717) is 23.2 Å². The van der Waals surface area contributed by atoms with Crippen LogP contribution in [0.4, 0.5) is 10.5 Å². The lowest BCUT2D eigenvalue weighted by molar-refractivity contribution is -0.278. The normalized spacial score (nSPS) is 26.1. The van der Waals surface area contributed by atoms with Crippen molar-refractivity contribution >= 4 is 46.2 Å². The Hall–Kier alpha value is -4.89. The first-order valence-electron chi connectivity index (χ1n) is 14.2. The summed E-state index contributed by atoms with van der Waals surface area (Å²) in [6, 6.07) is 15.7. The van der Waals surface area contributed by atoms with Gasteiger partial charge in [0.05, 0.1) is 5.69 Å². The molecule has 6 atom stereocenters. The number of carbonyl (C=O) groups is 5. The van der Waals surface area contributed by atoms with Crippen molar-refractivity contribution in [3.63, 3.8) is 0 Å². The molecule has 3 aliphatic rings. The van der Waals surface area contributed by atoms with Crippen LogP contribution in [0.25, 0.3) is 10.8 Å². The Balaban J connectivity index is 1.11. The van der Waals surface area contributed by atoms with Crippen molar-refractivity contribution in [2.24, 2.45) is 0 Å². The topological polar surface area (TPSA) is 212 Å². The Kier molecular flexibility index (Phi) is 7.97. The van der Waals surface area contributed by atoms with Crippen LogP contribution in [0.5, 0.6) is 0 Å². The van der Waals surface area contributed by atoms with E-state index in [1.165, 1.54) is 4.90 Å². The van der Waals surface area contributed by atoms with Gasteiger partial charge in [0.15, 0.2) is 6.10 Å². The number of aliphatic hydroxyl groups excluding tert-OH is 3. The summed E-state index contributed by atoms with van der Waals surface area (Å²) in [6.07, 6.45) is -9.46. The van der Waals surface area contributed by atoms with Crippen LogP contribution < -0.4 is 15.5 Å². The molecule has 3 aromatic rings. The van der Waals surface area contributed by atoms with Crippen LogP contribution in [0.2, 0.25) is 0 Å². The highest BCUT2D eigenvalue weighted by molar-refractivity contribution is 6.27. The van der Waals surface area contributed by atoms with Crippen molar-refractivity contribution in [2.75, 3.05) is 4.90 Å². The standard InChI is InChI=1S/C31H29N3O11/c35-21-11-10-20(27(39)33-21)34-19-9-8-16(17-2-1-3-18(22(17)19)28(34)40)12-14-4-6-15(7-5-14)13-32-31(43)45-30-25(38)23(36)24(37)26(44-30)29(41)42/h1-9,20,23-26,30,36-38H,10-13H2,(H,32,43)(H,41,42)(H,33,35,39)/t20?,23-,24-,25+,26-,30-/m0/s1. The number of amides is 4. The quantitative estimate of drug-likeness (QED) is 0.198. The largest absolute Gasteiger partial charge is 0.479 e. The summed E-state index contributed by atoms with van der Waals surface area (Å²) < 4.78 is 9.88. The molecule has 14 heteroatoms. The van der Waals surface area contributed by atoms with Crippen LogP contribution in [-0.4, -0.2) is 87.0 Å². The summed E-state index contributed by atoms with van der Waals surface area (Å²) in [5.74, 6) is -2.72. The second-order valence-electron chi connectivity index (χ2n) is 11.1. The first kappa shape index (κ1) is 30.1. The zero-order valence-corrected chi connectivity index (χ0v) is 23.6. The van der Waals surface area contributed by atoms with E-state index in [2.05, 4.69) is 10.6 Å². The molecule has 3 heterocycles. The Morgan fingerprint density at radius 3 is 2.40 bits per heavy atom. The maximum Gasteiger partial charge on any atom is 0.409 e. The number of ether oxygens (including phenoxy) is 2. The van der Waals surface area contributed by atoms with E-state index in [1.54, 1.807) is 24.3 Å². The zero-order valence-electron chi connectivity index (χ0n) is 23.6. The van der Waals surface area contributed by atoms with Gasteiger partial charge in [-0.1, -0.05) is 42.5 Å². The average molecular weight is 620 g/mol. The van der Waals surface area contributed by atoms with Crippen molar-refractivity contribution in [3.8, 4) is 0 Å². The zero-order chi connectivity index (χ0) is 32.0. The van der Waals surface area contributed by atoms with Crippen LogP contribution in [0.15, 0.2) is 54.6 Å². The van der Waals surface area contributed by atoms with Gasteiger partial charge >= 0.3 is 12.1 Å². The SMILES string of the molecule is O=C1CCC(N2C(=O)c3cccc4c(Cc5ccc(CNC(=O)O[C@@H]6O[C@H](C(=O)O)[C@@H](O)[C@H](O)[C@H]6O)cc5)ccc2c34)C(=O)N1. The van der Waals surface area contributed by atoms with Gasteiger partial charge in [0.1, 0.15) is 24.4 Å². The van der Waals surface area contributed by atoms with E-state index >= 15 is 0 Å². The second-order valence-corrected chi connectivity index (χ2v) is 11.1. The first-order valence-corrected chi connectivity index (χ1v) is 14.2. The Bertz CT molecular complexity index is 1710. The predicted octanol–water partition coefficient (Wildman–Crippen LogP) is 0.314. The highest BCUT2D eigenvalue weighted by atomic mass is 16.7. The van der Waals surface area contributed by atoms with Crippen LogP contribution in [-0.2, 0) is 36.8 Å². The summed E-state index contributed by atoms with van der Waals surface area (Å²) in [5, 5.41) is 45.2. The lowest BCUT2D eigenvalue weighted by Crippen LogP contribution is -2.61. The van der Waals surface area contributed by atoms with Crippen LogP contribution >= 0.6 is 0 Å². The second kappa shape index (κ2) is 11.9. The molecule has 234 valence electrons. The fraction of sp³-hybridized carbons (Fsp3) is 0.323. The van der Waals surface area contributed by atoms with E-state index in [4.69, 9.17) is 14.6 Å². The van der Waals surface area contributed by atoms with Gasteiger partial charge in [-0.3, -0.25) is 24.6 Å². The molecule has 14 nitrogen and oxygen atoms in total. The third kappa shape index (κ3) is 5.60. The number of carboxylic acid groups (broad SMARTS) is 1. The minimum absolute atomic E-state index is 0.0226. The number of piperidine rings is 1. The molecule has 2 fully saturated rings. The van der Waals surface area contributed by atoms with Gasteiger partial charge < -0.3 is 35.2 Å². The van der Waals surface area contributed by atoms with Crippen molar-refractivity contribution in [1.82, 2.24) is 10.6 Å². The van der Waals surface area contributed by atoms with Gasteiger partial charge in [0.25, 0.3) is 5.91 Å². The molecule has 0 bridgehead atoms. The number of nitrogens with zero attached hydrogens (tertiary/aromatic N) is 1. The highest BCUT2D eigenvalue weighted by Crippen LogP contribution is 2.41. The molecule has 0 aliphatic carbocycles. The van der Waals surface area contributed by atoms with E-state index in [1.807, 2.05) is 30.3 Å². The number of rotatable bonds is 7. The number of hydrogen-bond donors (Lipinski definition) is 6. The molecule has 6 N–H and O–H groups in total. The number of carboxylic acids is 1. The van der Waals surface area contributed by atoms with Gasteiger partial charge in [-0.05, 0) is 47.1 Å². The molecule has 0 saturated carbocycles. The van der Waals surface area contributed by atoms with Gasteiger partial charge in [-0.15, -0.1) is 0 Å². The fourth-order valence-electron chi connectivity index (χ4n) is 5.92. The minimum atomic E-state index is -1.90. The first-order chi connectivity index (χ1) is 21.5. The molecule has 1 unspecified atom stereocenters. The molecule has 0 aromatic heterocycles. The van der Waals surface area contributed by atoms with Crippen LogP contribution in [0.3, 0.4) is 0 Å². The van der Waals surface area contributed by atoms with Crippen molar-refractivity contribution < 1.29 is 53.9 Å². The molecule has 4 amide bonds. The summed E-state index contributed by atoms with van der Waals surface area (Å²) >= 11 is 0. The number of anilines is 1. The van der Waals surface area contributed by atoms with Crippen LogP contribution in [0.1, 0.15) is 39.9 Å². The minimum Gasteiger partial charge on any atom is -0.479 e. The lowest BCUT2D eigenvalue weighted by Gasteiger charge is -2.37. The third-order valence-corrected chi connectivity index (χ3v) is 8.23. The molecular formula is C31H29N3O11. The number of aliphatic hydroxyl groups is 3. The maximum atomic E-state index is 13.4. The third-order valence-electron chi connectivity index (χ3n) is 8.23. The van der Waals surface area contributed by atoms with E-state index in [-0.39, 0.29) is 31.2 Å². The van der Waals surface area contributed by atoms with Gasteiger partial charge in [0.2, 0.25) is 18.1 Å². The molecule has 45 heavy (non-hydrogen) atoms. The lowest BCUT2D eigenvalue weighted by atomic mass is 9.95. The molecular weight excluding hydrogens is 590 g/mol. The van der Waals surface area contributed by atoms with Gasteiger partial charge in [0, 0.05) is 23.9 Å². The van der Waals surface area contributed by atoms with Crippen molar-refractivity contribution in [2.45, 2.75) is 62.6 Å². The predicted molar refractivity (Wildman–Crippen MR) is 154 cm³/mol. The van der Waals surface area contributed by atoms with Crippen molar-refractivity contribution in [1.29, 1.82) is 0 Å². The molecule has 3 aliphatic heterocycles. The van der Waals surface area contributed by atoms with Crippen molar-refractivity contribution in [3.05, 3.63) is 76.9 Å². The number of imide groups is 1. The molecule has 6 rings (SSSR count). The van der Waals surface area contributed by atoms with Gasteiger partial charge in [-0.2, -0.15) is 0 Å². The number of alkyl carbamates (subject to hydrolysis) is 1. The highest BCUT2D eigenvalue weighted by Gasteiger charge is 2.48. The Morgan fingerprint density at radius 1 is 0.956 bits per heavy atom. The summed E-state index contributed by atoms with van der Waals surface area (Å²) in [7, 11) is 0. The average Bonchev–Trinajstić information content (AvgIpc) is 3.30. The van der Waals surface area contributed by atoms with E-state index in [9.17, 15) is 39.3 Å². The van der Waals surface area contributed by atoms with Gasteiger partial charge in [-0.25, -0.2) is 9.59 Å². The molecule has 3 aromatic carbocycles. The number of benzene rings is 3. The summed E-state index contributed by atoms with van der Waals surface area (Å²) in [6.45, 7) is 0.0226. The number of hydrogen-bond acceptors (Lipinski definition) is 10. The number of aliphatic carboxylic acids is 1. The molecule has 2 saturated heterocycles. The number of nitrogens with one attached hydrogen (secondary N) is 2. The molecule has 0 radical (unpaired) electrons. The Morgan fingerprint density at radius 2 is 1.69 bits per heavy atom. The van der Waals surface area contributed by atoms with Crippen LogP contribution in [0, 0.1) is 0 Å². The smallest absolute Gasteiger partial charge is 0.409 e. The van der Waals surface area contributed by atoms with E-state index < -0.39 is 54.7 Å². The Labute approximate surface area is 255 Å². The number of carbonyl (C=O) groups excluding carboxylic acids is 4.